The van der Waals surface area contributed by atoms with Gasteiger partial charge in [-0.05, 0) is 87.8 Å². The number of likely N-dealkylation sites (tertiary alicyclic amines) is 3. The van der Waals surface area contributed by atoms with Crippen LogP contribution in [0.5, 0.6) is 0 Å². The van der Waals surface area contributed by atoms with Crippen LogP contribution in [0.1, 0.15) is 48.5 Å². The normalized spacial score (nSPS) is 25.4. The van der Waals surface area contributed by atoms with E-state index in [2.05, 4.69) is 52.2 Å². The number of pyridine rings is 1. The number of aliphatic hydroxyl groups is 2. The average Bonchev–Trinajstić information content (AvgIpc) is 4.23. The van der Waals surface area contributed by atoms with Gasteiger partial charge in [-0.2, -0.15) is 0 Å². The van der Waals surface area contributed by atoms with Crippen molar-refractivity contribution < 1.29 is 73.8 Å². The van der Waals surface area contributed by atoms with Crippen LogP contribution in [0.15, 0.2) is 30.7 Å². The van der Waals surface area contributed by atoms with Gasteiger partial charge in [-0.15, -0.1) is 0 Å². The molecule has 464 valence electrons. The molecule has 27 heteroatoms. The van der Waals surface area contributed by atoms with E-state index in [4.69, 9.17) is 55.3 Å². The number of aromatic amines is 1. The van der Waals surface area contributed by atoms with E-state index >= 15 is 0 Å². The quantitative estimate of drug-likeness (QED) is 0.0883. The molecule has 5 fully saturated rings. The molecule has 0 bridgehead atoms. The molecule has 13 N–H and O–H groups in total. The van der Waals surface area contributed by atoms with Crippen LogP contribution in [0, 0.1) is 13.3 Å². The van der Waals surface area contributed by atoms with E-state index in [1.807, 2.05) is 99.2 Å². The van der Waals surface area contributed by atoms with Gasteiger partial charge in [-0.1, -0.05) is 6.92 Å². The number of methoxy groups -OCH3 is 3. The number of carbonyl (C=O) groups is 3. The van der Waals surface area contributed by atoms with Gasteiger partial charge in [0, 0.05) is 151 Å². The predicted molar refractivity (Wildman–Crippen MR) is 309 cm³/mol. The molecule has 0 unspecified atom stereocenters. The Labute approximate surface area is 489 Å². The second-order valence-electron chi connectivity index (χ2n) is 22.2. The molecule has 2 amide bonds. The predicted octanol–water partition coefficient (Wildman–Crippen LogP) is 1.91. The van der Waals surface area contributed by atoms with Crippen molar-refractivity contribution >= 4 is 41.3 Å². The molecule has 0 radical (unpaired) electrons. The smallest absolute Gasteiger partial charge is 0.410 e. The first-order chi connectivity index (χ1) is 36.1. The summed E-state index contributed by atoms with van der Waals surface area (Å²) in [5.41, 5.74) is 14.0. The van der Waals surface area contributed by atoms with E-state index in [0.717, 1.165) is 93.4 Å². The first-order valence-corrected chi connectivity index (χ1v) is 26.0. The summed E-state index contributed by atoms with van der Waals surface area (Å²) in [6.45, 7) is 21.3. The number of fused-ring (bicyclic) bond motifs is 1. The zero-order valence-corrected chi connectivity index (χ0v) is 52.2. The van der Waals surface area contributed by atoms with Crippen molar-refractivity contribution in [1.82, 2.24) is 61.2 Å². The largest absolute Gasteiger partial charge is 0.483 e. The van der Waals surface area contributed by atoms with Crippen molar-refractivity contribution in [3.05, 3.63) is 38.1 Å². The fraction of sp³-hybridized carbons (Fsp3) is 0.717. The molecule has 3 aromatic rings. The van der Waals surface area contributed by atoms with E-state index in [0.29, 0.717) is 5.92 Å². The van der Waals surface area contributed by atoms with Gasteiger partial charge < -0.3 is 109 Å². The van der Waals surface area contributed by atoms with E-state index in [1.54, 1.807) is 51.4 Å². The van der Waals surface area contributed by atoms with Gasteiger partial charge in [0.1, 0.15) is 16.8 Å². The van der Waals surface area contributed by atoms with Crippen molar-refractivity contribution in [2.24, 2.45) is 11.7 Å². The minimum absolute atomic E-state index is 0. The first kappa shape index (κ1) is 75.6. The number of aromatic nitrogens is 4. The number of β-amino-alcohol motifs (C(OH)–C–C–N with tert-alkyl or cyclic N) is 2. The van der Waals surface area contributed by atoms with Crippen LogP contribution in [0.2, 0.25) is 0 Å². The molecule has 10 atom stereocenters. The maximum atomic E-state index is 11.9. The molecule has 0 aliphatic carbocycles. The Bertz CT molecular complexity index is 2190. The van der Waals surface area contributed by atoms with Gasteiger partial charge in [0.25, 0.3) is 6.47 Å². The molecule has 80 heavy (non-hydrogen) atoms. The third-order valence-electron chi connectivity index (χ3n) is 13.6. The number of nitrogens with one attached hydrogen (secondary N) is 3. The van der Waals surface area contributed by atoms with E-state index in [-0.39, 0.29) is 113 Å². The number of aliphatic hydroxyl groups excluding tert-OH is 2. The summed E-state index contributed by atoms with van der Waals surface area (Å²) in [4.78, 5) is 60.1. The van der Waals surface area contributed by atoms with Crippen LogP contribution in [0.25, 0.3) is 22.3 Å². The molecule has 26 nitrogen and oxygen atoms in total. The molecule has 8 heterocycles. The topological polar surface area (TPSA) is 343 Å². The van der Waals surface area contributed by atoms with Crippen molar-refractivity contribution in [1.29, 1.82) is 0 Å². The minimum Gasteiger partial charge on any atom is -0.483 e. The first-order valence-electron chi connectivity index (χ1n) is 26.0. The number of H-pyrrole nitrogens is 1. The summed E-state index contributed by atoms with van der Waals surface area (Å²) in [5.74, 6) is 0.730. The van der Waals surface area contributed by atoms with Gasteiger partial charge in [0.15, 0.2) is 0 Å². The van der Waals surface area contributed by atoms with Crippen LogP contribution < -0.4 is 33.2 Å². The SMILES string of the molecule is CN1C[C@@H](N)[C@H](O)C1.CN[C@@H]1CN(c2ccnc3[nH]cc(-c4ccnc(N)n4)c23)C[C@H]1OC.CO[C@@H]1CN(C)C[C@H]1N(C)C(=O)OC(C)(C)C.CO[C@@H]1CNC[C@H]1N(C)C(=O)OC(C)(C)C.C[C@@H]1CN(C)C[C@H]1O.N.O=CO.[CH3-].[Pd]. The standard InChI is InChI=1S/C17H21N7O.C12H24N2O3.C11H22N2O3.C6H13NO.C5H12N2O.CH2O2.CH3.H3N.Pd/c1-19-12-8-24(9-14(12)25-2)13-4-6-20-16-15(13)10(7-22-16)11-3-5-21-17(18)23-11;1-12(2,3)17-11(15)14(5)9-7-13(4)8-10(9)16-6;1-11(2,3)16-10(14)13(4)8-6-12-7-9(8)15-5;1-5-3-7(2)4-6(5)8;1-7-2-4(6)5(8)3-7;2-1-3;;;/h3-7,12,14,19H,8-9H2,1-2H3,(H,20,22)(H2,18,21,23);9-10H,7-8H2,1-6H3;8-9,12H,6-7H2,1-5H3;5-6,8H,3-4H2,1-2H3;4-5,8H,2-3,6H2,1H3;1H,(H,2,3);2*1H3;/q;;;;;;-1;;/t12-,14-;9-,10-;8-,9-;5-,6-;4-,5-;;;;/m11111..../s1. The summed E-state index contributed by atoms with van der Waals surface area (Å²) in [6, 6.07) is 4.24. The molecule has 5 aliphatic rings. The summed E-state index contributed by atoms with van der Waals surface area (Å²) in [6.07, 6.45) is 4.66. The van der Waals surface area contributed by atoms with Gasteiger partial charge in [-0.25, -0.2) is 24.5 Å². The summed E-state index contributed by atoms with van der Waals surface area (Å²) >= 11 is 0. The van der Waals surface area contributed by atoms with Gasteiger partial charge in [0.2, 0.25) is 5.95 Å². The maximum Gasteiger partial charge on any atom is 0.410 e. The zero-order valence-electron chi connectivity index (χ0n) is 50.6. The van der Waals surface area contributed by atoms with E-state index in [1.165, 1.54) is 0 Å². The van der Waals surface area contributed by atoms with Crippen LogP contribution in [0.4, 0.5) is 21.2 Å². The molecule has 5 aliphatic heterocycles. The summed E-state index contributed by atoms with van der Waals surface area (Å²) in [7, 11) is 16.6. The zero-order chi connectivity index (χ0) is 57.9. The summed E-state index contributed by atoms with van der Waals surface area (Å²) < 4.78 is 27.0. The molecule has 0 aromatic carbocycles. The number of nitrogen functional groups attached to an aromatic ring is 1. The number of anilines is 2. The second kappa shape index (κ2) is 35.5. The summed E-state index contributed by atoms with van der Waals surface area (Å²) in [5, 5.41) is 32.6. The number of likely N-dealkylation sites (N-methyl/N-ethyl adjacent to an activating group) is 6. The average molecular weight is 1230 g/mol. The maximum absolute atomic E-state index is 11.9. The van der Waals surface area contributed by atoms with Crippen LogP contribution in [-0.2, 0) is 48.9 Å². The number of amides is 2. The number of hydrogen-bond acceptors (Lipinski definition) is 22. The second-order valence-corrected chi connectivity index (χ2v) is 22.2. The fourth-order valence-electron chi connectivity index (χ4n) is 9.46. The molecular weight excluding hydrogens is 1130 g/mol. The molecule has 0 saturated carbocycles. The Balaban J connectivity index is 0.00000101. The van der Waals surface area contributed by atoms with Crippen molar-refractivity contribution in [2.45, 2.75) is 114 Å². The van der Waals surface area contributed by atoms with Crippen molar-refractivity contribution in [3.63, 3.8) is 0 Å². The molecule has 5 saturated heterocycles. The Morgan fingerprint density at radius 1 is 0.775 bits per heavy atom. The molecular formula is C53H100N15O11Pd-. The number of hydrogen-bond donors (Lipinski definition) is 9. The minimum atomic E-state index is -0.460. The molecule has 0 spiro atoms. The van der Waals surface area contributed by atoms with Gasteiger partial charge in [0.05, 0.1) is 65.4 Å². The number of carbonyl (C=O) groups excluding carboxylic acids is 2. The molecule has 8 rings (SSSR count). The van der Waals surface area contributed by atoms with Gasteiger partial charge >= 0.3 is 12.2 Å². The number of carboxylic acid groups (broad SMARTS) is 1. The fourth-order valence-corrected chi connectivity index (χ4v) is 9.46. The van der Waals surface area contributed by atoms with Crippen LogP contribution >= 0.6 is 0 Å². The Hall–Kier alpha value is -4.44. The molecule has 3 aromatic heterocycles. The number of rotatable bonds is 8. The van der Waals surface area contributed by atoms with Crippen molar-refractivity contribution in [3.8, 4) is 11.3 Å². The Morgan fingerprint density at radius 2 is 1.30 bits per heavy atom. The van der Waals surface area contributed by atoms with E-state index in [9.17, 15) is 9.59 Å². The van der Waals surface area contributed by atoms with Crippen LogP contribution in [0.3, 0.4) is 0 Å². The monoisotopic (exact) mass is 1230 g/mol. The third-order valence-corrected chi connectivity index (χ3v) is 13.6. The Kier molecular flexibility index (Phi) is 33.6. The van der Waals surface area contributed by atoms with Crippen molar-refractivity contribution in [2.75, 3.05) is 140 Å². The van der Waals surface area contributed by atoms with E-state index < -0.39 is 11.2 Å². The number of nitrogens with two attached hydrogens (primary N) is 2. The third kappa shape index (κ3) is 23.4. The number of nitrogens with zero attached hydrogens (tertiary/aromatic N) is 9. The van der Waals surface area contributed by atoms with Gasteiger partial charge in [-0.3, -0.25) is 4.79 Å². The number of ether oxygens (including phenoxy) is 5. The Morgan fingerprint density at radius 3 is 1.73 bits per heavy atom. The van der Waals surface area contributed by atoms with Crippen LogP contribution in [-0.4, -0.2) is 273 Å².